The SMILES string of the molecule is Cc1cc(/C=C/C(=O)N2CCC(c3nc4ccccc4o3)CC2)c(C)n1Cc1ccco1. The number of amides is 1. The fourth-order valence-electron chi connectivity index (χ4n) is 4.48. The van der Waals surface area contributed by atoms with Crippen molar-refractivity contribution in [2.75, 3.05) is 13.1 Å². The molecule has 4 heterocycles. The fourth-order valence-corrected chi connectivity index (χ4v) is 4.48. The van der Waals surface area contributed by atoms with Crippen LogP contribution < -0.4 is 0 Å². The molecule has 1 fully saturated rings. The van der Waals surface area contributed by atoms with Gasteiger partial charge in [0.1, 0.15) is 11.3 Å². The summed E-state index contributed by atoms with van der Waals surface area (Å²) in [5, 5.41) is 0. The number of para-hydroxylation sites is 2. The van der Waals surface area contributed by atoms with E-state index in [1.807, 2.05) is 47.4 Å². The van der Waals surface area contributed by atoms with Crippen LogP contribution in [0, 0.1) is 13.8 Å². The summed E-state index contributed by atoms with van der Waals surface area (Å²) in [5.41, 5.74) is 5.05. The Balaban J connectivity index is 1.21. The van der Waals surface area contributed by atoms with Crippen molar-refractivity contribution < 1.29 is 13.6 Å². The smallest absolute Gasteiger partial charge is 0.246 e. The predicted octanol–water partition coefficient (Wildman–Crippen LogP) is 5.31. The third-order valence-electron chi connectivity index (χ3n) is 6.38. The number of rotatable bonds is 5. The summed E-state index contributed by atoms with van der Waals surface area (Å²) >= 11 is 0. The maximum atomic E-state index is 12.8. The molecule has 5 rings (SSSR count). The highest BCUT2D eigenvalue weighted by Crippen LogP contribution is 2.30. The second kappa shape index (κ2) is 8.54. The van der Waals surface area contributed by atoms with Crippen LogP contribution in [0.15, 0.2) is 63.6 Å². The number of furan rings is 1. The van der Waals surface area contributed by atoms with Crippen molar-refractivity contribution >= 4 is 23.1 Å². The normalized spacial score (nSPS) is 15.2. The van der Waals surface area contributed by atoms with Crippen LogP contribution in [-0.2, 0) is 11.3 Å². The van der Waals surface area contributed by atoms with Gasteiger partial charge in [-0.25, -0.2) is 4.98 Å². The van der Waals surface area contributed by atoms with Crippen molar-refractivity contribution in [3.8, 4) is 0 Å². The third-order valence-corrected chi connectivity index (χ3v) is 6.38. The first-order chi connectivity index (χ1) is 15.6. The molecular weight excluding hydrogens is 402 g/mol. The maximum Gasteiger partial charge on any atom is 0.246 e. The van der Waals surface area contributed by atoms with Crippen LogP contribution in [0.1, 0.15) is 47.4 Å². The number of oxazole rings is 1. The topological polar surface area (TPSA) is 64.4 Å². The molecule has 1 saturated heterocycles. The van der Waals surface area contributed by atoms with Crippen molar-refractivity contribution in [3.05, 3.63) is 83.4 Å². The first-order valence-corrected chi connectivity index (χ1v) is 11.1. The minimum Gasteiger partial charge on any atom is -0.467 e. The molecule has 6 heteroatoms. The molecule has 0 unspecified atom stereocenters. The van der Waals surface area contributed by atoms with Crippen LogP contribution in [0.4, 0.5) is 0 Å². The molecule has 32 heavy (non-hydrogen) atoms. The molecule has 4 aromatic rings. The van der Waals surface area contributed by atoms with Gasteiger partial charge in [0.2, 0.25) is 5.91 Å². The van der Waals surface area contributed by atoms with E-state index in [0.717, 1.165) is 52.5 Å². The lowest BCUT2D eigenvalue weighted by Gasteiger charge is -2.29. The van der Waals surface area contributed by atoms with Crippen LogP contribution in [0.2, 0.25) is 0 Å². The van der Waals surface area contributed by atoms with Gasteiger partial charge in [-0.3, -0.25) is 4.79 Å². The molecule has 1 aromatic carbocycles. The molecule has 1 aliphatic heterocycles. The van der Waals surface area contributed by atoms with Gasteiger partial charge in [-0.1, -0.05) is 12.1 Å². The van der Waals surface area contributed by atoms with Gasteiger partial charge in [0.25, 0.3) is 0 Å². The number of nitrogens with zero attached hydrogens (tertiary/aromatic N) is 3. The Labute approximate surface area is 187 Å². The number of aryl methyl sites for hydroxylation is 1. The van der Waals surface area contributed by atoms with Crippen molar-refractivity contribution in [1.82, 2.24) is 14.5 Å². The molecular formula is C26H27N3O3. The molecule has 0 spiro atoms. The average Bonchev–Trinajstić information content (AvgIpc) is 3.54. The summed E-state index contributed by atoms with van der Waals surface area (Å²) in [6.07, 6.45) is 7.04. The van der Waals surface area contributed by atoms with Gasteiger partial charge in [-0.2, -0.15) is 0 Å². The summed E-state index contributed by atoms with van der Waals surface area (Å²) < 4.78 is 13.6. The van der Waals surface area contributed by atoms with Crippen LogP contribution in [0.3, 0.4) is 0 Å². The molecule has 0 bridgehead atoms. The Kier molecular flexibility index (Phi) is 5.43. The number of hydrogen-bond acceptors (Lipinski definition) is 4. The predicted molar refractivity (Wildman–Crippen MR) is 123 cm³/mol. The first kappa shape index (κ1) is 20.4. The summed E-state index contributed by atoms with van der Waals surface area (Å²) in [6, 6.07) is 13.8. The average molecular weight is 430 g/mol. The Hall–Kier alpha value is -3.54. The fraction of sp³-hybridized carbons (Fsp3) is 0.308. The molecule has 1 amide bonds. The molecule has 164 valence electrons. The van der Waals surface area contributed by atoms with E-state index in [1.54, 1.807) is 12.3 Å². The van der Waals surface area contributed by atoms with Gasteiger partial charge in [0.05, 0.1) is 12.8 Å². The number of fused-ring (bicyclic) bond motifs is 1. The van der Waals surface area contributed by atoms with Crippen LogP contribution in [0.5, 0.6) is 0 Å². The van der Waals surface area contributed by atoms with Crippen molar-refractivity contribution in [2.24, 2.45) is 0 Å². The Morgan fingerprint density at radius 1 is 1.16 bits per heavy atom. The van der Waals surface area contributed by atoms with Gasteiger partial charge < -0.3 is 18.3 Å². The molecule has 6 nitrogen and oxygen atoms in total. The summed E-state index contributed by atoms with van der Waals surface area (Å²) in [4.78, 5) is 19.3. The van der Waals surface area contributed by atoms with Gasteiger partial charge in [0, 0.05) is 36.5 Å². The molecule has 3 aromatic heterocycles. The van der Waals surface area contributed by atoms with Crippen molar-refractivity contribution in [2.45, 2.75) is 39.2 Å². The van der Waals surface area contributed by atoms with E-state index in [4.69, 9.17) is 8.83 Å². The molecule has 0 aliphatic carbocycles. The van der Waals surface area contributed by atoms with E-state index >= 15 is 0 Å². The largest absolute Gasteiger partial charge is 0.467 e. The highest BCUT2D eigenvalue weighted by molar-refractivity contribution is 5.92. The van der Waals surface area contributed by atoms with Crippen LogP contribution in [0.25, 0.3) is 17.2 Å². The van der Waals surface area contributed by atoms with Crippen LogP contribution >= 0.6 is 0 Å². The van der Waals surface area contributed by atoms with Gasteiger partial charge in [0.15, 0.2) is 11.5 Å². The number of piperidine rings is 1. The highest BCUT2D eigenvalue weighted by atomic mass is 16.3. The van der Waals surface area contributed by atoms with E-state index < -0.39 is 0 Å². The minimum atomic E-state index is 0.0526. The quantitative estimate of drug-likeness (QED) is 0.404. The van der Waals surface area contributed by atoms with Gasteiger partial charge in [-0.05, 0) is 68.7 Å². The number of benzene rings is 1. The van der Waals surface area contributed by atoms with Gasteiger partial charge in [-0.15, -0.1) is 0 Å². The van der Waals surface area contributed by atoms with Crippen molar-refractivity contribution in [3.63, 3.8) is 0 Å². The Morgan fingerprint density at radius 3 is 2.72 bits per heavy atom. The van der Waals surface area contributed by atoms with E-state index in [2.05, 4.69) is 29.5 Å². The second-order valence-corrected chi connectivity index (χ2v) is 8.44. The lowest BCUT2D eigenvalue weighted by atomic mass is 9.96. The zero-order chi connectivity index (χ0) is 22.1. The second-order valence-electron chi connectivity index (χ2n) is 8.44. The molecule has 0 atom stereocenters. The molecule has 1 aliphatic rings. The summed E-state index contributed by atoms with van der Waals surface area (Å²) in [5.74, 6) is 2.02. The van der Waals surface area contributed by atoms with Gasteiger partial charge >= 0.3 is 0 Å². The highest BCUT2D eigenvalue weighted by Gasteiger charge is 2.26. The lowest BCUT2D eigenvalue weighted by Crippen LogP contribution is -2.36. The molecule has 0 radical (unpaired) electrons. The number of carbonyl (C=O) groups is 1. The summed E-state index contributed by atoms with van der Waals surface area (Å²) in [7, 11) is 0. The number of aromatic nitrogens is 2. The van der Waals surface area contributed by atoms with E-state index in [0.29, 0.717) is 19.6 Å². The lowest BCUT2D eigenvalue weighted by molar-refractivity contribution is -0.127. The number of likely N-dealkylation sites (tertiary alicyclic amines) is 1. The monoisotopic (exact) mass is 429 g/mol. The van der Waals surface area contributed by atoms with Crippen molar-refractivity contribution in [1.29, 1.82) is 0 Å². The van der Waals surface area contributed by atoms with E-state index in [1.165, 1.54) is 0 Å². The van der Waals surface area contributed by atoms with E-state index in [9.17, 15) is 4.79 Å². The third kappa shape index (κ3) is 4.00. The minimum absolute atomic E-state index is 0.0526. The van der Waals surface area contributed by atoms with E-state index in [-0.39, 0.29) is 11.8 Å². The Bertz CT molecular complexity index is 1220. The zero-order valence-corrected chi connectivity index (χ0v) is 18.5. The number of carbonyl (C=O) groups excluding carboxylic acids is 1. The standard InChI is InChI=1S/C26H27N3O3/c1-18-16-21(19(2)29(18)17-22-6-5-15-31-22)9-10-25(30)28-13-11-20(12-14-28)26-27-23-7-3-4-8-24(23)32-26/h3-10,15-16,20H,11-14,17H2,1-2H3/b10-9+. The molecule has 0 N–H and O–H groups in total. The molecule has 0 saturated carbocycles. The zero-order valence-electron chi connectivity index (χ0n) is 18.5. The maximum absolute atomic E-state index is 12.8. The van der Waals surface area contributed by atoms with Crippen LogP contribution in [-0.4, -0.2) is 33.4 Å². The first-order valence-electron chi connectivity index (χ1n) is 11.1. The Morgan fingerprint density at radius 2 is 1.97 bits per heavy atom. The summed E-state index contributed by atoms with van der Waals surface area (Å²) in [6.45, 7) is 6.27. The number of hydrogen-bond donors (Lipinski definition) is 0.